The lowest BCUT2D eigenvalue weighted by Gasteiger charge is -2.33. The number of amides is 1. The number of hydrogen-bond acceptors (Lipinski definition) is 5. The molecular weight excluding hydrogens is 290 g/mol. The molecule has 0 bridgehead atoms. The number of likely N-dealkylation sites (N-methyl/N-ethyl adjacent to an activating group) is 1. The molecule has 0 spiro atoms. The van der Waals surface area contributed by atoms with E-state index < -0.39 is 0 Å². The molecule has 128 valence electrons. The van der Waals surface area contributed by atoms with Gasteiger partial charge in [0, 0.05) is 39.3 Å². The van der Waals surface area contributed by atoms with Crippen LogP contribution in [0.4, 0.5) is 5.82 Å². The molecular formula is C17H29N5O. The molecule has 0 N–H and O–H groups in total. The minimum Gasteiger partial charge on any atom is -0.355 e. The Bertz CT molecular complexity index is 476. The fourth-order valence-electron chi connectivity index (χ4n) is 2.92. The fraction of sp³-hybridized carbons (Fsp3) is 0.706. The molecule has 1 aliphatic heterocycles. The van der Waals surface area contributed by atoms with Crippen LogP contribution < -0.4 is 4.90 Å². The van der Waals surface area contributed by atoms with Gasteiger partial charge in [0.05, 0.1) is 0 Å². The lowest BCUT2D eigenvalue weighted by molar-refractivity contribution is 0.0636. The first-order valence-corrected chi connectivity index (χ1v) is 8.79. The van der Waals surface area contributed by atoms with Crippen molar-refractivity contribution in [1.29, 1.82) is 0 Å². The molecule has 2 rings (SSSR count). The van der Waals surface area contributed by atoms with Crippen LogP contribution in [0.3, 0.4) is 0 Å². The van der Waals surface area contributed by atoms with Crippen LogP contribution in [0.25, 0.3) is 0 Å². The third kappa shape index (κ3) is 4.64. The lowest BCUT2D eigenvalue weighted by atomic mass is 10.2. The van der Waals surface area contributed by atoms with Crippen molar-refractivity contribution >= 4 is 11.7 Å². The maximum absolute atomic E-state index is 12.5. The average molecular weight is 319 g/mol. The van der Waals surface area contributed by atoms with E-state index in [1.165, 1.54) is 0 Å². The summed E-state index contributed by atoms with van der Waals surface area (Å²) in [4.78, 5) is 19.0. The van der Waals surface area contributed by atoms with Crippen molar-refractivity contribution in [2.75, 3.05) is 50.7 Å². The number of piperazine rings is 1. The van der Waals surface area contributed by atoms with Crippen LogP contribution in [0.15, 0.2) is 12.1 Å². The molecule has 1 aromatic rings. The molecule has 1 fully saturated rings. The summed E-state index contributed by atoms with van der Waals surface area (Å²) >= 11 is 0. The highest BCUT2D eigenvalue weighted by atomic mass is 16.2. The summed E-state index contributed by atoms with van der Waals surface area (Å²) in [5, 5.41) is 8.46. The van der Waals surface area contributed by atoms with Gasteiger partial charge in [-0.05, 0) is 31.5 Å². The highest BCUT2D eigenvalue weighted by molar-refractivity contribution is 5.92. The van der Waals surface area contributed by atoms with E-state index in [2.05, 4.69) is 40.8 Å². The molecule has 0 aliphatic carbocycles. The molecule has 6 heteroatoms. The quantitative estimate of drug-likeness (QED) is 0.768. The number of rotatable bonds is 7. The van der Waals surface area contributed by atoms with Gasteiger partial charge in [-0.1, -0.05) is 20.8 Å². The molecule has 0 aromatic carbocycles. The molecule has 6 nitrogen and oxygen atoms in total. The smallest absolute Gasteiger partial charge is 0.274 e. The molecule has 1 aliphatic rings. The van der Waals surface area contributed by atoms with Gasteiger partial charge in [-0.25, -0.2) is 0 Å². The maximum Gasteiger partial charge on any atom is 0.274 e. The van der Waals surface area contributed by atoms with E-state index >= 15 is 0 Å². The molecule has 1 aromatic heterocycles. The molecule has 1 saturated heterocycles. The Balaban J connectivity index is 1.99. The molecule has 1 amide bonds. The third-order valence-corrected chi connectivity index (χ3v) is 4.29. The highest BCUT2D eigenvalue weighted by Crippen LogP contribution is 2.13. The summed E-state index contributed by atoms with van der Waals surface area (Å²) in [6, 6.07) is 3.74. The maximum atomic E-state index is 12.5. The largest absolute Gasteiger partial charge is 0.355 e. The zero-order chi connectivity index (χ0) is 16.7. The Hall–Kier alpha value is -1.69. The number of nitrogens with zero attached hydrogens (tertiary/aromatic N) is 5. The predicted octanol–water partition coefficient (Wildman–Crippen LogP) is 1.88. The van der Waals surface area contributed by atoms with Gasteiger partial charge in [0.15, 0.2) is 11.5 Å². The Morgan fingerprint density at radius 2 is 1.70 bits per heavy atom. The lowest BCUT2D eigenvalue weighted by Crippen LogP contribution is -2.48. The van der Waals surface area contributed by atoms with Crippen molar-refractivity contribution in [2.45, 2.75) is 33.6 Å². The van der Waals surface area contributed by atoms with Gasteiger partial charge in [-0.3, -0.25) is 4.79 Å². The van der Waals surface area contributed by atoms with Gasteiger partial charge in [-0.15, -0.1) is 10.2 Å². The zero-order valence-electron chi connectivity index (χ0n) is 14.7. The van der Waals surface area contributed by atoms with Gasteiger partial charge >= 0.3 is 0 Å². The van der Waals surface area contributed by atoms with E-state index in [9.17, 15) is 4.79 Å². The van der Waals surface area contributed by atoms with Gasteiger partial charge in [0.2, 0.25) is 0 Å². The van der Waals surface area contributed by atoms with Crippen LogP contribution in [-0.4, -0.2) is 71.7 Å². The van der Waals surface area contributed by atoms with Crippen LogP contribution in [0.2, 0.25) is 0 Å². The van der Waals surface area contributed by atoms with E-state index in [1.54, 1.807) is 0 Å². The highest BCUT2D eigenvalue weighted by Gasteiger charge is 2.22. The summed E-state index contributed by atoms with van der Waals surface area (Å²) in [5.74, 6) is 0.860. The Morgan fingerprint density at radius 1 is 1.04 bits per heavy atom. The number of aromatic nitrogens is 2. The van der Waals surface area contributed by atoms with Crippen molar-refractivity contribution in [3.63, 3.8) is 0 Å². The van der Waals surface area contributed by atoms with Crippen LogP contribution in [0.1, 0.15) is 44.1 Å². The van der Waals surface area contributed by atoms with E-state index in [1.807, 2.05) is 17.0 Å². The first kappa shape index (κ1) is 17.7. The minimum absolute atomic E-state index is 0.00247. The summed E-state index contributed by atoms with van der Waals surface area (Å²) in [7, 11) is 0. The van der Waals surface area contributed by atoms with Crippen molar-refractivity contribution in [3.05, 3.63) is 17.8 Å². The molecule has 0 saturated carbocycles. The Kier molecular flexibility index (Phi) is 6.77. The van der Waals surface area contributed by atoms with Crippen molar-refractivity contribution in [2.24, 2.45) is 0 Å². The monoisotopic (exact) mass is 319 g/mol. The van der Waals surface area contributed by atoms with Gasteiger partial charge < -0.3 is 14.7 Å². The molecule has 0 radical (unpaired) electrons. The number of carbonyl (C=O) groups is 1. The first-order valence-electron chi connectivity index (χ1n) is 8.79. The summed E-state index contributed by atoms with van der Waals surface area (Å²) in [5.41, 5.74) is 0.451. The Morgan fingerprint density at radius 3 is 2.17 bits per heavy atom. The number of carbonyl (C=O) groups excluding carboxylic acids is 1. The van der Waals surface area contributed by atoms with Crippen LogP contribution in [-0.2, 0) is 0 Å². The fourth-order valence-corrected chi connectivity index (χ4v) is 2.92. The molecule has 23 heavy (non-hydrogen) atoms. The van der Waals surface area contributed by atoms with E-state index in [0.29, 0.717) is 5.69 Å². The van der Waals surface area contributed by atoms with Crippen molar-refractivity contribution in [3.8, 4) is 0 Å². The van der Waals surface area contributed by atoms with E-state index in [4.69, 9.17) is 0 Å². The zero-order valence-corrected chi connectivity index (χ0v) is 14.7. The topological polar surface area (TPSA) is 52.6 Å². The second-order valence-corrected chi connectivity index (χ2v) is 5.99. The minimum atomic E-state index is -0.00247. The second kappa shape index (κ2) is 8.82. The second-order valence-electron chi connectivity index (χ2n) is 5.99. The van der Waals surface area contributed by atoms with E-state index in [-0.39, 0.29) is 5.91 Å². The normalized spacial score (nSPS) is 15.7. The van der Waals surface area contributed by atoms with Crippen molar-refractivity contribution in [1.82, 2.24) is 20.0 Å². The van der Waals surface area contributed by atoms with Crippen LogP contribution in [0, 0.1) is 0 Å². The van der Waals surface area contributed by atoms with Crippen molar-refractivity contribution < 1.29 is 4.79 Å². The number of hydrogen-bond donors (Lipinski definition) is 0. The SMILES string of the molecule is CCCN(CCC)c1ccc(C(=O)N2CCN(CC)CC2)nn1. The Labute approximate surface area is 139 Å². The van der Waals surface area contributed by atoms with Gasteiger partial charge in [-0.2, -0.15) is 0 Å². The first-order chi connectivity index (χ1) is 11.2. The standard InChI is InChI=1S/C17H29N5O/c1-4-9-21(10-5-2)16-8-7-15(18-19-16)17(23)22-13-11-20(6-3)12-14-22/h7-8H,4-6,9-14H2,1-3H3. The van der Waals surface area contributed by atoms with Gasteiger partial charge in [0.25, 0.3) is 5.91 Å². The molecule has 2 heterocycles. The van der Waals surface area contributed by atoms with Gasteiger partial charge in [0.1, 0.15) is 0 Å². The third-order valence-electron chi connectivity index (χ3n) is 4.29. The number of anilines is 1. The molecule has 0 unspecified atom stereocenters. The summed E-state index contributed by atoms with van der Waals surface area (Å²) in [6.45, 7) is 12.9. The predicted molar refractivity (Wildman–Crippen MR) is 92.8 cm³/mol. The molecule has 0 atom stereocenters. The summed E-state index contributed by atoms with van der Waals surface area (Å²) in [6.07, 6.45) is 2.15. The summed E-state index contributed by atoms with van der Waals surface area (Å²) < 4.78 is 0. The van der Waals surface area contributed by atoms with Crippen LogP contribution >= 0.6 is 0 Å². The van der Waals surface area contributed by atoms with E-state index in [0.717, 1.165) is 64.5 Å². The average Bonchev–Trinajstić information content (AvgIpc) is 2.61. The van der Waals surface area contributed by atoms with Crippen LogP contribution in [0.5, 0.6) is 0 Å².